The molecule has 0 amide bonds. The van der Waals surface area contributed by atoms with Crippen LogP contribution in [-0.2, 0) is 9.84 Å². The van der Waals surface area contributed by atoms with E-state index in [4.69, 9.17) is 0 Å². The van der Waals surface area contributed by atoms with Gasteiger partial charge in [0.05, 0.1) is 5.75 Å². The van der Waals surface area contributed by atoms with Gasteiger partial charge in [-0.15, -0.1) is 0 Å². The summed E-state index contributed by atoms with van der Waals surface area (Å²) >= 11 is 0. The van der Waals surface area contributed by atoms with Gasteiger partial charge in [-0.1, -0.05) is 17.7 Å². The fraction of sp³-hybridized carbons (Fsp3) is 0.500. The van der Waals surface area contributed by atoms with Crippen LogP contribution in [0.25, 0.3) is 0 Å². The quantitative estimate of drug-likeness (QED) is 0.666. The lowest BCUT2D eigenvalue weighted by Crippen LogP contribution is -2.49. The topological polar surface area (TPSA) is 89.3 Å². The second-order valence-electron chi connectivity index (χ2n) is 5.26. The van der Waals surface area contributed by atoms with E-state index in [1.54, 1.807) is 19.1 Å². The lowest BCUT2D eigenvalue weighted by molar-refractivity contribution is -0.523. The summed E-state index contributed by atoms with van der Waals surface area (Å²) in [5, 5.41) is 14.1. The van der Waals surface area contributed by atoms with Gasteiger partial charge in [0.15, 0.2) is 9.84 Å². The van der Waals surface area contributed by atoms with Crippen LogP contribution in [0.1, 0.15) is 12.5 Å². The molecule has 1 aromatic carbocycles. The summed E-state index contributed by atoms with van der Waals surface area (Å²) < 4.78 is 23.3. The molecule has 2 atom stereocenters. The predicted molar refractivity (Wildman–Crippen MR) is 72.6 cm³/mol. The maximum absolute atomic E-state index is 11.7. The molecule has 1 aromatic rings. The van der Waals surface area contributed by atoms with Crippen LogP contribution in [0.15, 0.2) is 24.3 Å². The number of hydrogen-bond acceptors (Lipinski definition) is 5. The molecule has 6 nitrogen and oxygen atoms in total. The highest BCUT2D eigenvalue weighted by Crippen LogP contribution is 2.29. The first kappa shape index (κ1) is 13.8. The SMILES string of the molecule is Cc1ccc(NC2(C)CS(=O)(=O)CC2[N+](=O)[O-])cc1. The zero-order chi connectivity index (χ0) is 14.3. The van der Waals surface area contributed by atoms with Crippen LogP contribution in [-0.4, -0.2) is 36.4 Å². The molecule has 104 valence electrons. The third-order valence-corrected chi connectivity index (χ3v) is 5.27. The Balaban J connectivity index is 2.30. The highest BCUT2D eigenvalue weighted by Gasteiger charge is 2.54. The third-order valence-electron chi connectivity index (χ3n) is 3.40. The molecule has 1 heterocycles. The minimum Gasteiger partial charge on any atom is -0.373 e. The van der Waals surface area contributed by atoms with Gasteiger partial charge in [-0.3, -0.25) is 10.1 Å². The minimum absolute atomic E-state index is 0.223. The van der Waals surface area contributed by atoms with Crippen molar-refractivity contribution in [1.29, 1.82) is 0 Å². The molecule has 0 bridgehead atoms. The fourth-order valence-electron chi connectivity index (χ4n) is 2.42. The fourth-order valence-corrected chi connectivity index (χ4v) is 4.68. The standard InChI is InChI=1S/C12H16N2O4S/c1-9-3-5-10(6-4-9)13-12(2)8-19(17,18)7-11(12)14(15)16/h3-6,11,13H,7-8H2,1-2H3. The Morgan fingerprint density at radius 1 is 1.37 bits per heavy atom. The van der Waals surface area contributed by atoms with Gasteiger partial charge < -0.3 is 5.32 Å². The van der Waals surface area contributed by atoms with Crippen LogP contribution in [0.5, 0.6) is 0 Å². The predicted octanol–water partition coefficient (Wildman–Crippen LogP) is 1.24. The highest BCUT2D eigenvalue weighted by molar-refractivity contribution is 7.91. The van der Waals surface area contributed by atoms with E-state index in [0.717, 1.165) is 5.56 Å². The molecule has 0 aromatic heterocycles. The van der Waals surface area contributed by atoms with Crippen LogP contribution < -0.4 is 5.32 Å². The normalized spacial score (nSPS) is 29.1. The average Bonchev–Trinajstić information content (AvgIpc) is 2.52. The Labute approximate surface area is 111 Å². The van der Waals surface area contributed by atoms with Crippen molar-refractivity contribution in [3.8, 4) is 0 Å². The zero-order valence-corrected chi connectivity index (χ0v) is 11.6. The summed E-state index contributed by atoms with van der Waals surface area (Å²) in [6.07, 6.45) is 0. The van der Waals surface area contributed by atoms with Crippen molar-refractivity contribution in [3.05, 3.63) is 39.9 Å². The van der Waals surface area contributed by atoms with E-state index in [9.17, 15) is 18.5 Å². The second kappa shape index (κ2) is 4.48. The van der Waals surface area contributed by atoms with Crippen molar-refractivity contribution in [2.75, 3.05) is 16.8 Å². The lowest BCUT2D eigenvalue weighted by Gasteiger charge is -2.27. The van der Waals surface area contributed by atoms with Crippen molar-refractivity contribution < 1.29 is 13.3 Å². The first-order chi connectivity index (χ1) is 8.72. The summed E-state index contributed by atoms with van der Waals surface area (Å²) in [4.78, 5) is 10.5. The van der Waals surface area contributed by atoms with Gasteiger partial charge in [0.2, 0.25) is 6.04 Å². The third kappa shape index (κ3) is 2.86. The lowest BCUT2D eigenvalue weighted by atomic mass is 9.96. The van der Waals surface area contributed by atoms with Crippen molar-refractivity contribution in [3.63, 3.8) is 0 Å². The molecule has 1 N–H and O–H groups in total. The average molecular weight is 284 g/mol. The number of benzene rings is 1. The molecule has 1 saturated heterocycles. The molecule has 0 radical (unpaired) electrons. The van der Waals surface area contributed by atoms with E-state index >= 15 is 0 Å². The van der Waals surface area contributed by atoms with E-state index in [-0.39, 0.29) is 5.75 Å². The zero-order valence-electron chi connectivity index (χ0n) is 10.8. The van der Waals surface area contributed by atoms with Crippen LogP contribution in [0, 0.1) is 17.0 Å². The highest BCUT2D eigenvalue weighted by atomic mass is 32.2. The Hall–Kier alpha value is -1.63. The Morgan fingerprint density at radius 2 is 1.95 bits per heavy atom. The Kier molecular flexibility index (Phi) is 3.25. The van der Waals surface area contributed by atoms with E-state index in [1.165, 1.54) is 0 Å². The molecule has 1 aliphatic rings. The van der Waals surface area contributed by atoms with Crippen LogP contribution in [0.3, 0.4) is 0 Å². The van der Waals surface area contributed by atoms with E-state index in [2.05, 4.69) is 5.32 Å². The summed E-state index contributed by atoms with van der Waals surface area (Å²) in [6.45, 7) is 3.52. The Bertz CT molecular complexity index is 597. The van der Waals surface area contributed by atoms with Crippen molar-refractivity contribution >= 4 is 15.5 Å². The van der Waals surface area contributed by atoms with Crippen LogP contribution >= 0.6 is 0 Å². The van der Waals surface area contributed by atoms with E-state index < -0.39 is 32.1 Å². The number of hydrogen-bond donors (Lipinski definition) is 1. The molecular weight excluding hydrogens is 268 g/mol. The van der Waals surface area contributed by atoms with E-state index in [1.807, 2.05) is 19.1 Å². The maximum Gasteiger partial charge on any atom is 0.250 e. The summed E-state index contributed by atoms with van der Waals surface area (Å²) in [5.41, 5.74) is 0.690. The molecule has 2 unspecified atom stereocenters. The number of nitrogens with zero attached hydrogens (tertiary/aromatic N) is 1. The monoisotopic (exact) mass is 284 g/mol. The Morgan fingerprint density at radius 3 is 2.47 bits per heavy atom. The van der Waals surface area contributed by atoms with Gasteiger partial charge in [0.1, 0.15) is 11.3 Å². The maximum atomic E-state index is 11.7. The molecule has 0 spiro atoms. The van der Waals surface area contributed by atoms with Gasteiger partial charge in [0.25, 0.3) is 0 Å². The van der Waals surface area contributed by atoms with Crippen molar-refractivity contribution in [2.45, 2.75) is 25.4 Å². The number of nitrogens with one attached hydrogen (secondary N) is 1. The largest absolute Gasteiger partial charge is 0.373 e. The number of nitro groups is 1. The summed E-state index contributed by atoms with van der Waals surface area (Å²) in [6, 6.07) is 6.20. The van der Waals surface area contributed by atoms with Gasteiger partial charge in [-0.05, 0) is 26.0 Å². The number of anilines is 1. The van der Waals surface area contributed by atoms with Gasteiger partial charge in [0, 0.05) is 10.6 Å². The van der Waals surface area contributed by atoms with Crippen molar-refractivity contribution in [2.24, 2.45) is 0 Å². The van der Waals surface area contributed by atoms with E-state index in [0.29, 0.717) is 5.69 Å². The van der Waals surface area contributed by atoms with Gasteiger partial charge in [-0.25, -0.2) is 8.42 Å². The molecular formula is C12H16N2O4S. The number of aryl methyl sites for hydroxylation is 1. The molecule has 0 saturated carbocycles. The first-order valence-corrected chi connectivity index (χ1v) is 7.73. The van der Waals surface area contributed by atoms with Gasteiger partial charge in [-0.2, -0.15) is 0 Å². The molecule has 1 fully saturated rings. The first-order valence-electron chi connectivity index (χ1n) is 5.91. The summed E-state index contributed by atoms with van der Waals surface area (Å²) in [7, 11) is -3.38. The van der Waals surface area contributed by atoms with Crippen LogP contribution in [0.4, 0.5) is 5.69 Å². The second-order valence-corrected chi connectivity index (χ2v) is 7.37. The molecule has 19 heavy (non-hydrogen) atoms. The molecule has 7 heteroatoms. The molecule has 0 aliphatic carbocycles. The van der Waals surface area contributed by atoms with Gasteiger partial charge >= 0.3 is 0 Å². The minimum atomic E-state index is -3.38. The summed E-state index contributed by atoms with van der Waals surface area (Å²) in [5.74, 6) is -0.630. The smallest absolute Gasteiger partial charge is 0.250 e. The number of sulfone groups is 1. The molecule has 1 aliphatic heterocycles. The number of rotatable bonds is 3. The van der Waals surface area contributed by atoms with Crippen LogP contribution in [0.2, 0.25) is 0 Å². The van der Waals surface area contributed by atoms with Crippen molar-refractivity contribution in [1.82, 2.24) is 0 Å². The molecule has 2 rings (SSSR count).